The second kappa shape index (κ2) is 7.02. The smallest absolute Gasteiger partial charge is 0.407 e. The lowest BCUT2D eigenvalue weighted by Gasteiger charge is -2.19. The summed E-state index contributed by atoms with van der Waals surface area (Å²) >= 11 is 0. The molecule has 1 aromatic carbocycles. The summed E-state index contributed by atoms with van der Waals surface area (Å²) in [4.78, 5) is 11.6. The van der Waals surface area contributed by atoms with Gasteiger partial charge < -0.3 is 20.1 Å². The fraction of sp³-hybridized carbons (Fsp3) is 0.353. The number of allylic oxidation sites excluding steroid dienone is 1. The molecule has 1 aliphatic rings. The molecule has 0 unspecified atom stereocenters. The molecular formula is C17H22N2O3. The van der Waals surface area contributed by atoms with E-state index in [1.807, 2.05) is 63.4 Å². The second-order valence-corrected chi connectivity index (χ2v) is 5.95. The van der Waals surface area contributed by atoms with Gasteiger partial charge in [-0.05, 0) is 50.6 Å². The van der Waals surface area contributed by atoms with Crippen LogP contribution in [0.15, 0.2) is 48.4 Å². The summed E-state index contributed by atoms with van der Waals surface area (Å²) < 4.78 is 10.9. The van der Waals surface area contributed by atoms with Crippen LogP contribution in [0.2, 0.25) is 0 Å². The van der Waals surface area contributed by atoms with Gasteiger partial charge in [0, 0.05) is 19.3 Å². The third-order valence-corrected chi connectivity index (χ3v) is 2.78. The maximum Gasteiger partial charge on any atom is 0.407 e. The van der Waals surface area contributed by atoms with Crippen molar-refractivity contribution in [1.29, 1.82) is 0 Å². The van der Waals surface area contributed by atoms with Crippen LogP contribution in [0.4, 0.5) is 4.79 Å². The molecule has 0 aliphatic carbocycles. The Bertz CT molecular complexity index is 569. The Morgan fingerprint density at radius 1 is 1.27 bits per heavy atom. The number of carbonyl (C=O) groups excluding carboxylic acids is 1. The van der Waals surface area contributed by atoms with Crippen molar-refractivity contribution in [2.75, 3.05) is 6.54 Å². The van der Waals surface area contributed by atoms with E-state index in [-0.39, 0.29) is 0 Å². The van der Waals surface area contributed by atoms with Crippen molar-refractivity contribution in [3.05, 3.63) is 53.9 Å². The average molecular weight is 302 g/mol. The van der Waals surface area contributed by atoms with Crippen LogP contribution < -0.4 is 15.4 Å². The van der Waals surface area contributed by atoms with Crippen molar-refractivity contribution in [3.8, 4) is 5.75 Å². The van der Waals surface area contributed by atoms with E-state index in [1.54, 1.807) is 0 Å². The van der Waals surface area contributed by atoms with Crippen LogP contribution in [-0.4, -0.2) is 18.2 Å². The van der Waals surface area contributed by atoms with Gasteiger partial charge in [0.25, 0.3) is 0 Å². The molecule has 1 aliphatic heterocycles. The first-order valence-electron chi connectivity index (χ1n) is 7.26. The molecule has 0 spiro atoms. The first-order valence-corrected chi connectivity index (χ1v) is 7.26. The van der Waals surface area contributed by atoms with E-state index in [0.717, 1.165) is 23.6 Å². The number of ether oxygens (including phenoxy) is 2. The van der Waals surface area contributed by atoms with E-state index in [2.05, 4.69) is 10.6 Å². The van der Waals surface area contributed by atoms with Gasteiger partial charge in [-0.25, -0.2) is 4.79 Å². The van der Waals surface area contributed by atoms with Crippen molar-refractivity contribution in [1.82, 2.24) is 10.6 Å². The summed E-state index contributed by atoms with van der Waals surface area (Å²) in [5.74, 6) is 1.58. The average Bonchev–Trinajstić information content (AvgIpc) is 2.46. The van der Waals surface area contributed by atoms with Crippen LogP contribution in [0.3, 0.4) is 0 Å². The summed E-state index contributed by atoms with van der Waals surface area (Å²) in [6, 6.07) is 7.59. The fourth-order valence-electron chi connectivity index (χ4n) is 1.81. The number of hydrogen-bond acceptors (Lipinski definition) is 4. The number of carbonyl (C=O) groups is 1. The summed E-state index contributed by atoms with van der Waals surface area (Å²) in [6.07, 6.45) is 5.28. The van der Waals surface area contributed by atoms with Gasteiger partial charge in [-0.2, -0.15) is 0 Å². The zero-order valence-electron chi connectivity index (χ0n) is 13.2. The molecule has 118 valence electrons. The lowest BCUT2D eigenvalue weighted by molar-refractivity contribution is 0.0523. The highest BCUT2D eigenvalue weighted by Gasteiger charge is 2.15. The highest BCUT2D eigenvalue weighted by Crippen LogP contribution is 2.16. The third-order valence-electron chi connectivity index (χ3n) is 2.78. The van der Waals surface area contributed by atoms with E-state index in [0.29, 0.717) is 6.54 Å². The van der Waals surface area contributed by atoms with Gasteiger partial charge in [-0.1, -0.05) is 12.1 Å². The predicted octanol–water partition coefficient (Wildman–Crippen LogP) is 3.09. The van der Waals surface area contributed by atoms with Crippen LogP contribution in [0.5, 0.6) is 5.75 Å². The molecule has 0 aromatic heterocycles. The number of benzene rings is 1. The standard InChI is InChI=1S/C17H22N2O3/c1-17(2,3)22-16(20)19-12-13-4-6-14(7-5-13)21-15-8-10-18-11-9-15/h4-10,18H,11-12H2,1-3H3,(H,19,20). The third kappa shape index (κ3) is 5.52. The van der Waals surface area contributed by atoms with E-state index in [1.165, 1.54) is 0 Å². The SMILES string of the molecule is CC(C)(C)OC(=O)NCc1ccc(OC2=CCNC=C2)cc1. The van der Waals surface area contributed by atoms with E-state index >= 15 is 0 Å². The van der Waals surface area contributed by atoms with Crippen molar-refractivity contribution < 1.29 is 14.3 Å². The number of nitrogens with one attached hydrogen (secondary N) is 2. The summed E-state index contributed by atoms with van der Waals surface area (Å²) in [7, 11) is 0. The summed E-state index contributed by atoms with van der Waals surface area (Å²) in [6.45, 7) is 6.69. The normalized spacial score (nSPS) is 13.9. The predicted molar refractivity (Wildman–Crippen MR) is 85.4 cm³/mol. The van der Waals surface area contributed by atoms with E-state index < -0.39 is 11.7 Å². The van der Waals surface area contributed by atoms with Crippen LogP contribution in [0, 0.1) is 0 Å². The molecule has 0 atom stereocenters. The Morgan fingerprint density at radius 2 is 2.00 bits per heavy atom. The molecule has 0 bridgehead atoms. The molecule has 1 heterocycles. The van der Waals surface area contributed by atoms with Crippen LogP contribution in [0.25, 0.3) is 0 Å². The quantitative estimate of drug-likeness (QED) is 0.897. The number of hydrogen-bond donors (Lipinski definition) is 2. The zero-order valence-corrected chi connectivity index (χ0v) is 13.2. The Hall–Kier alpha value is -2.43. The van der Waals surface area contributed by atoms with Gasteiger partial charge in [0.1, 0.15) is 17.1 Å². The lowest BCUT2D eigenvalue weighted by Crippen LogP contribution is -2.32. The largest absolute Gasteiger partial charge is 0.458 e. The summed E-state index contributed by atoms with van der Waals surface area (Å²) in [5.41, 5.74) is 0.491. The lowest BCUT2D eigenvalue weighted by atomic mass is 10.2. The van der Waals surface area contributed by atoms with Crippen molar-refractivity contribution in [2.24, 2.45) is 0 Å². The second-order valence-electron chi connectivity index (χ2n) is 5.95. The first kappa shape index (κ1) is 15.9. The van der Waals surface area contributed by atoms with E-state index in [4.69, 9.17) is 9.47 Å². The van der Waals surface area contributed by atoms with Gasteiger partial charge in [0.15, 0.2) is 0 Å². The Morgan fingerprint density at radius 3 is 2.59 bits per heavy atom. The highest BCUT2D eigenvalue weighted by molar-refractivity contribution is 5.67. The molecule has 0 saturated heterocycles. The molecule has 0 radical (unpaired) electrons. The maximum absolute atomic E-state index is 11.6. The molecule has 1 aromatic rings. The van der Waals surface area contributed by atoms with Crippen LogP contribution in [0.1, 0.15) is 26.3 Å². The molecule has 5 heteroatoms. The number of dihydropyridines is 1. The molecule has 2 N–H and O–H groups in total. The monoisotopic (exact) mass is 302 g/mol. The van der Waals surface area contributed by atoms with Gasteiger partial charge in [0.2, 0.25) is 0 Å². The molecule has 1 amide bonds. The maximum atomic E-state index is 11.6. The molecule has 0 saturated carbocycles. The molecule has 0 fully saturated rings. The van der Waals surface area contributed by atoms with Gasteiger partial charge >= 0.3 is 6.09 Å². The Kier molecular flexibility index (Phi) is 5.09. The number of alkyl carbamates (subject to hydrolysis) is 1. The topological polar surface area (TPSA) is 59.6 Å². The van der Waals surface area contributed by atoms with Crippen LogP contribution in [-0.2, 0) is 11.3 Å². The van der Waals surface area contributed by atoms with Crippen molar-refractivity contribution in [2.45, 2.75) is 32.9 Å². The van der Waals surface area contributed by atoms with E-state index in [9.17, 15) is 4.79 Å². The molecular weight excluding hydrogens is 280 g/mol. The van der Waals surface area contributed by atoms with Gasteiger partial charge in [-0.15, -0.1) is 0 Å². The highest BCUT2D eigenvalue weighted by atomic mass is 16.6. The molecule has 5 nitrogen and oxygen atoms in total. The Balaban J connectivity index is 1.83. The fourth-order valence-corrected chi connectivity index (χ4v) is 1.81. The minimum atomic E-state index is -0.488. The minimum Gasteiger partial charge on any atom is -0.458 e. The van der Waals surface area contributed by atoms with Crippen molar-refractivity contribution in [3.63, 3.8) is 0 Å². The van der Waals surface area contributed by atoms with Gasteiger partial charge in [0.05, 0.1) is 0 Å². The Labute approximate surface area is 131 Å². The van der Waals surface area contributed by atoms with Crippen molar-refractivity contribution >= 4 is 6.09 Å². The molecule has 2 rings (SSSR count). The zero-order chi connectivity index (χ0) is 16.0. The summed E-state index contributed by atoms with van der Waals surface area (Å²) in [5, 5.41) is 5.79. The van der Waals surface area contributed by atoms with Crippen LogP contribution >= 0.6 is 0 Å². The number of amides is 1. The molecule has 22 heavy (non-hydrogen) atoms. The number of rotatable bonds is 4. The minimum absolute atomic E-state index is 0.418. The van der Waals surface area contributed by atoms with Gasteiger partial charge in [-0.3, -0.25) is 0 Å². The first-order chi connectivity index (χ1) is 10.4.